The van der Waals surface area contributed by atoms with Crippen LogP contribution in [0.5, 0.6) is 5.75 Å². The predicted octanol–water partition coefficient (Wildman–Crippen LogP) is 2.35. The highest BCUT2D eigenvalue weighted by Crippen LogP contribution is 2.28. The number of aromatic nitrogens is 2. The van der Waals surface area contributed by atoms with Crippen LogP contribution in [0.15, 0.2) is 24.5 Å². The second-order valence-electron chi connectivity index (χ2n) is 3.97. The van der Waals surface area contributed by atoms with Gasteiger partial charge < -0.3 is 10.5 Å². The van der Waals surface area contributed by atoms with E-state index in [1.54, 1.807) is 13.3 Å². The fraction of sp³-hybridized carbons (Fsp3) is 0.231. The number of nitrogen functional groups attached to an aromatic ring is 1. The summed E-state index contributed by atoms with van der Waals surface area (Å²) >= 11 is 0. The van der Waals surface area contributed by atoms with Crippen LogP contribution in [0.3, 0.4) is 0 Å². The minimum absolute atomic E-state index is 0.425. The van der Waals surface area contributed by atoms with Crippen LogP contribution in [-0.4, -0.2) is 17.1 Å². The van der Waals surface area contributed by atoms with Crippen LogP contribution in [0.4, 0.5) is 5.82 Å². The molecule has 2 rings (SSSR count). The zero-order valence-electron chi connectivity index (χ0n) is 10.2. The number of hydrogen-bond acceptors (Lipinski definition) is 4. The highest BCUT2D eigenvalue weighted by atomic mass is 16.5. The van der Waals surface area contributed by atoms with Gasteiger partial charge in [-0.25, -0.2) is 4.98 Å². The average molecular weight is 229 g/mol. The van der Waals surface area contributed by atoms with Crippen molar-refractivity contribution in [2.45, 2.75) is 13.8 Å². The maximum atomic E-state index is 5.63. The Labute approximate surface area is 100 Å². The van der Waals surface area contributed by atoms with Gasteiger partial charge in [-0.05, 0) is 37.1 Å². The van der Waals surface area contributed by atoms with Gasteiger partial charge in [-0.3, -0.25) is 4.98 Å². The van der Waals surface area contributed by atoms with Gasteiger partial charge in [-0.2, -0.15) is 0 Å². The lowest BCUT2D eigenvalue weighted by Gasteiger charge is -2.11. The molecule has 0 amide bonds. The Morgan fingerprint density at radius 3 is 2.29 bits per heavy atom. The summed E-state index contributed by atoms with van der Waals surface area (Å²) in [5, 5.41) is 0. The number of rotatable bonds is 2. The van der Waals surface area contributed by atoms with E-state index in [0.717, 1.165) is 28.1 Å². The molecule has 0 radical (unpaired) electrons. The van der Waals surface area contributed by atoms with Crippen molar-refractivity contribution in [3.05, 3.63) is 35.7 Å². The Kier molecular flexibility index (Phi) is 2.95. The molecule has 0 spiro atoms. The number of hydrogen-bond donors (Lipinski definition) is 1. The summed E-state index contributed by atoms with van der Waals surface area (Å²) in [6.45, 7) is 4.02. The first-order valence-corrected chi connectivity index (χ1v) is 5.35. The number of anilines is 1. The standard InChI is InChI=1S/C13H15N3O/c1-8-4-10(5-9(2)13(8)17-3)11-6-15-7-12(14)16-11/h4-7H,1-3H3,(H2,14,16). The lowest BCUT2D eigenvalue weighted by molar-refractivity contribution is 0.408. The quantitative estimate of drug-likeness (QED) is 0.858. The van der Waals surface area contributed by atoms with Crippen molar-refractivity contribution in [1.82, 2.24) is 9.97 Å². The van der Waals surface area contributed by atoms with Gasteiger partial charge in [-0.15, -0.1) is 0 Å². The second kappa shape index (κ2) is 4.41. The molecule has 1 aromatic carbocycles. The van der Waals surface area contributed by atoms with Gasteiger partial charge in [0.1, 0.15) is 11.6 Å². The number of ether oxygens (including phenoxy) is 1. The molecule has 0 aliphatic rings. The molecule has 17 heavy (non-hydrogen) atoms. The molecular formula is C13H15N3O. The summed E-state index contributed by atoms with van der Waals surface area (Å²) in [7, 11) is 1.68. The van der Waals surface area contributed by atoms with Crippen molar-refractivity contribution in [3.63, 3.8) is 0 Å². The molecule has 4 heteroatoms. The molecule has 4 nitrogen and oxygen atoms in total. The number of aryl methyl sites for hydroxylation is 2. The predicted molar refractivity (Wildman–Crippen MR) is 67.9 cm³/mol. The maximum absolute atomic E-state index is 5.63. The van der Waals surface area contributed by atoms with Crippen LogP contribution >= 0.6 is 0 Å². The third-order valence-corrected chi connectivity index (χ3v) is 2.61. The highest BCUT2D eigenvalue weighted by molar-refractivity contribution is 5.64. The number of methoxy groups -OCH3 is 1. The lowest BCUT2D eigenvalue weighted by atomic mass is 10.0. The minimum Gasteiger partial charge on any atom is -0.496 e. The van der Waals surface area contributed by atoms with Crippen LogP contribution in [-0.2, 0) is 0 Å². The fourth-order valence-corrected chi connectivity index (χ4v) is 1.94. The van der Waals surface area contributed by atoms with Crippen molar-refractivity contribution in [2.24, 2.45) is 0 Å². The molecule has 2 aromatic rings. The minimum atomic E-state index is 0.425. The third kappa shape index (κ3) is 2.20. The van der Waals surface area contributed by atoms with Gasteiger partial charge in [0.25, 0.3) is 0 Å². The summed E-state index contributed by atoms with van der Waals surface area (Å²) in [4.78, 5) is 8.30. The first-order valence-electron chi connectivity index (χ1n) is 5.35. The molecular weight excluding hydrogens is 214 g/mol. The first kappa shape index (κ1) is 11.4. The molecule has 1 aromatic heterocycles. The molecule has 0 saturated heterocycles. The summed E-state index contributed by atoms with van der Waals surface area (Å²) in [6, 6.07) is 4.05. The van der Waals surface area contributed by atoms with Gasteiger partial charge in [0, 0.05) is 5.56 Å². The fourth-order valence-electron chi connectivity index (χ4n) is 1.94. The normalized spacial score (nSPS) is 10.3. The zero-order chi connectivity index (χ0) is 12.4. The molecule has 0 atom stereocenters. The largest absolute Gasteiger partial charge is 0.496 e. The molecule has 0 fully saturated rings. The monoisotopic (exact) mass is 229 g/mol. The van der Waals surface area contributed by atoms with E-state index in [-0.39, 0.29) is 0 Å². The van der Waals surface area contributed by atoms with Gasteiger partial charge in [0.05, 0.1) is 25.2 Å². The Bertz CT molecular complexity index is 529. The van der Waals surface area contributed by atoms with Crippen molar-refractivity contribution >= 4 is 5.82 Å². The molecule has 0 aliphatic heterocycles. The van der Waals surface area contributed by atoms with Crippen molar-refractivity contribution in [2.75, 3.05) is 12.8 Å². The Morgan fingerprint density at radius 2 is 1.76 bits per heavy atom. The molecule has 0 bridgehead atoms. The molecule has 0 saturated carbocycles. The van der Waals surface area contributed by atoms with E-state index in [1.807, 2.05) is 26.0 Å². The zero-order valence-corrected chi connectivity index (χ0v) is 10.2. The Morgan fingerprint density at radius 1 is 1.12 bits per heavy atom. The van der Waals surface area contributed by atoms with E-state index in [1.165, 1.54) is 6.20 Å². The summed E-state index contributed by atoms with van der Waals surface area (Å²) in [6.07, 6.45) is 3.24. The van der Waals surface area contributed by atoms with Crippen molar-refractivity contribution in [3.8, 4) is 17.0 Å². The third-order valence-electron chi connectivity index (χ3n) is 2.61. The molecule has 1 heterocycles. The van der Waals surface area contributed by atoms with Crippen molar-refractivity contribution < 1.29 is 4.74 Å². The first-order chi connectivity index (χ1) is 8.11. The van der Waals surface area contributed by atoms with Crippen LogP contribution in [0.2, 0.25) is 0 Å². The van der Waals surface area contributed by atoms with Gasteiger partial charge >= 0.3 is 0 Å². The van der Waals surface area contributed by atoms with Gasteiger partial charge in [-0.1, -0.05) is 0 Å². The second-order valence-corrected chi connectivity index (χ2v) is 3.97. The van der Waals surface area contributed by atoms with Crippen LogP contribution in [0.1, 0.15) is 11.1 Å². The van der Waals surface area contributed by atoms with Gasteiger partial charge in [0.15, 0.2) is 0 Å². The smallest absolute Gasteiger partial charge is 0.142 e. The average Bonchev–Trinajstić information content (AvgIpc) is 2.28. The van der Waals surface area contributed by atoms with E-state index in [4.69, 9.17) is 10.5 Å². The Balaban J connectivity index is 2.54. The van der Waals surface area contributed by atoms with E-state index in [9.17, 15) is 0 Å². The van der Waals surface area contributed by atoms with Crippen LogP contribution < -0.4 is 10.5 Å². The van der Waals surface area contributed by atoms with E-state index in [2.05, 4.69) is 9.97 Å². The lowest BCUT2D eigenvalue weighted by Crippen LogP contribution is -1.96. The topological polar surface area (TPSA) is 61.0 Å². The van der Waals surface area contributed by atoms with E-state index in [0.29, 0.717) is 5.82 Å². The summed E-state index contributed by atoms with van der Waals surface area (Å²) in [5.41, 5.74) is 9.56. The van der Waals surface area contributed by atoms with Gasteiger partial charge in [0.2, 0.25) is 0 Å². The summed E-state index contributed by atoms with van der Waals surface area (Å²) < 4.78 is 5.33. The summed E-state index contributed by atoms with van der Waals surface area (Å²) in [5.74, 6) is 1.33. The Hall–Kier alpha value is -2.10. The SMILES string of the molecule is COc1c(C)cc(-c2cncc(N)n2)cc1C. The molecule has 0 unspecified atom stereocenters. The molecule has 88 valence electrons. The highest BCUT2D eigenvalue weighted by Gasteiger charge is 2.08. The molecule has 0 aliphatic carbocycles. The van der Waals surface area contributed by atoms with Crippen LogP contribution in [0, 0.1) is 13.8 Å². The number of benzene rings is 1. The maximum Gasteiger partial charge on any atom is 0.142 e. The van der Waals surface area contributed by atoms with E-state index < -0.39 is 0 Å². The molecule has 2 N–H and O–H groups in total. The number of nitrogens with zero attached hydrogens (tertiary/aromatic N) is 2. The van der Waals surface area contributed by atoms with E-state index >= 15 is 0 Å². The van der Waals surface area contributed by atoms with Crippen molar-refractivity contribution in [1.29, 1.82) is 0 Å². The van der Waals surface area contributed by atoms with Crippen LogP contribution in [0.25, 0.3) is 11.3 Å². The number of nitrogens with two attached hydrogens (primary N) is 1.